The summed E-state index contributed by atoms with van der Waals surface area (Å²) in [6, 6.07) is 6.18. The predicted octanol–water partition coefficient (Wildman–Crippen LogP) is 2.32. The molecule has 0 unspecified atom stereocenters. The Bertz CT molecular complexity index is 531. The number of nitrogens with zero attached hydrogens (tertiary/aromatic N) is 3. The van der Waals surface area contributed by atoms with Crippen molar-refractivity contribution in [2.45, 2.75) is 27.4 Å². The normalized spacial score (nSPS) is 10.6. The second kappa shape index (κ2) is 4.57. The first kappa shape index (κ1) is 11.6. The van der Waals surface area contributed by atoms with Gasteiger partial charge < -0.3 is 9.30 Å². The summed E-state index contributed by atoms with van der Waals surface area (Å²) >= 11 is 0. The molecule has 1 aromatic heterocycles. The molecular weight excluding hydrogens is 214 g/mol. The Labute approximate surface area is 101 Å². The van der Waals surface area contributed by atoms with Crippen molar-refractivity contribution in [1.82, 2.24) is 14.8 Å². The van der Waals surface area contributed by atoms with Crippen LogP contribution in [0, 0.1) is 20.8 Å². The van der Waals surface area contributed by atoms with Gasteiger partial charge in [0.15, 0.2) is 5.82 Å². The van der Waals surface area contributed by atoms with E-state index in [1.807, 2.05) is 31.5 Å². The average Bonchev–Trinajstić information content (AvgIpc) is 2.62. The lowest BCUT2D eigenvalue weighted by atomic mass is 10.1. The van der Waals surface area contributed by atoms with Crippen molar-refractivity contribution in [3.8, 4) is 5.75 Å². The van der Waals surface area contributed by atoms with E-state index in [-0.39, 0.29) is 0 Å². The first-order valence-electron chi connectivity index (χ1n) is 5.63. The van der Waals surface area contributed by atoms with Gasteiger partial charge in [0.05, 0.1) is 0 Å². The van der Waals surface area contributed by atoms with Crippen molar-refractivity contribution in [3.05, 3.63) is 41.0 Å². The van der Waals surface area contributed by atoms with Crippen molar-refractivity contribution in [3.63, 3.8) is 0 Å². The zero-order valence-electron chi connectivity index (χ0n) is 10.7. The van der Waals surface area contributed by atoms with Gasteiger partial charge in [0, 0.05) is 7.05 Å². The molecule has 0 atom stereocenters. The summed E-state index contributed by atoms with van der Waals surface area (Å²) in [4.78, 5) is 0. The summed E-state index contributed by atoms with van der Waals surface area (Å²) < 4.78 is 7.71. The molecule has 1 heterocycles. The Kier molecular flexibility index (Phi) is 3.13. The summed E-state index contributed by atoms with van der Waals surface area (Å²) in [5.74, 6) is 2.64. The molecule has 0 spiro atoms. The van der Waals surface area contributed by atoms with Crippen LogP contribution >= 0.6 is 0 Å². The van der Waals surface area contributed by atoms with E-state index in [9.17, 15) is 0 Å². The largest absolute Gasteiger partial charge is 0.485 e. The van der Waals surface area contributed by atoms with Crippen molar-refractivity contribution in [1.29, 1.82) is 0 Å². The van der Waals surface area contributed by atoms with Crippen molar-refractivity contribution in [2.75, 3.05) is 0 Å². The quantitative estimate of drug-likeness (QED) is 0.814. The van der Waals surface area contributed by atoms with E-state index in [4.69, 9.17) is 4.74 Å². The second-order valence-electron chi connectivity index (χ2n) is 4.28. The van der Waals surface area contributed by atoms with Gasteiger partial charge in [0.25, 0.3) is 0 Å². The highest BCUT2D eigenvalue weighted by Crippen LogP contribution is 2.20. The fraction of sp³-hybridized carbons (Fsp3) is 0.385. The Hall–Kier alpha value is -1.84. The molecular formula is C13H17N3O. The minimum Gasteiger partial charge on any atom is -0.485 e. The summed E-state index contributed by atoms with van der Waals surface area (Å²) in [6.07, 6.45) is 0. The van der Waals surface area contributed by atoms with Crippen LogP contribution in [0.4, 0.5) is 0 Å². The zero-order valence-corrected chi connectivity index (χ0v) is 10.7. The number of rotatable bonds is 3. The van der Waals surface area contributed by atoms with Crippen LogP contribution in [0.2, 0.25) is 0 Å². The van der Waals surface area contributed by atoms with Gasteiger partial charge in [0.1, 0.15) is 18.2 Å². The molecule has 0 aliphatic carbocycles. The lowest BCUT2D eigenvalue weighted by molar-refractivity contribution is 0.289. The molecule has 0 bridgehead atoms. The lowest BCUT2D eigenvalue weighted by Crippen LogP contribution is -2.05. The lowest BCUT2D eigenvalue weighted by Gasteiger charge is -2.09. The van der Waals surface area contributed by atoms with Crippen LogP contribution < -0.4 is 4.74 Å². The highest BCUT2D eigenvalue weighted by atomic mass is 16.5. The van der Waals surface area contributed by atoms with E-state index in [1.54, 1.807) is 0 Å². The minimum atomic E-state index is 0.446. The molecule has 1 aromatic carbocycles. The number of hydrogen-bond donors (Lipinski definition) is 0. The summed E-state index contributed by atoms with van der Waals surface area (Å²) in [5.41, 5.74) is 2.33. The number of benzene rings is 1. The number of hydrogen-bond acceptors (Lipinski definition) is 3. The van der Waals surface area contributed by atoms with Crippen molar-refractivity contribution >= 4 is 0 Å². The first-order chi connectivity index (χ1) is 8.08. The van der Waals surface area contributed by atoms with Crippen LogP contribution in [0.5, 0.6) is 5.75 Å². The van der Waals surface area contributed by atoms with Gasteiger partial charge in [-0.2, -0.15) is 0 Å². The maximum atomic E-state index is 5.77. The van der Waals surface area contributed by atoms with Gasteiger partial charge in [-0.25, -0.2) is 0 Å². The van der Waals surface area contributed by atoms with E-state index in [2.05, 4.69) is 29.3 Å². The Balaban J connectivity index is 2.12. The average molecular weight is 231 g/mol. The smallest absolute Gasteiger partial charge is 0.170 e. The van der Waals surface area contributed by atoms with Crippen LogP contribution in [0.1, 0.15) is 22.8 Å². The highest BCUT2D eigenvalue weighted by molar-refractivity contribution is 5.35. The molecule has 0 radical (unpaired) electrons. The highest BCUT2D eigenvalue weighted by Gasteiger charge is 2.06. The van der Waals surface area contributed by atoms with Crippen LogP contribution in [0.15, 0.2) is 18.2 Å². The maximum absolute atomic E-state index is 5.77. The van der Waals surface area contributed by atoms with Gasteiger partial charge in [-0.1, -0.05) is 12.1 Å². The Morgan fingerprint density at radius 1 is 1.18 bits per heavy atom. The zero-order chi connectivity index (χ0) is 12.4. The molecule has 0 aliphatic rings. The third-order valence-corrected chi connectivity index (χ3v) is 2.88. The van der Waals surface area contributed by atoms with E-state index < -0.39 is 0 Å². The third kappa shape index (κ3) is 2.46. The molecule has 0 amide bonds. The standard InChI is InChI=1S/C13H17N3O/c1-9-5-6-10(2)12(7-9)17-8-13-15-14-11(3)16(13)4/h5-7H,8H2,1-4H3. The van der Waals surface area contributed by atoms with E-state index in [1.165, 1.54) is 5.56 Å². The Morgan fingerprint density at radius 2 is 1.94 bits per heavy atom. The maximum Gasteiger partial charge on any atom is 0.170 e. The monoisotopic (exact) mass is 231 g/mol. The fourth-order valence-corrected chi connectivity index (χ4v) is 1.58. The Morgan fingerprint density at radius 3 is 2.59 bits per heavy atom. The predicted molar refractivity (Wildman–Crippen MR) is 66.0 cm³/mol. The molecule has 0 saturated heterocycles. The molecule has 0 fully saturated rings. The van der Waals surface area contributed by atoms with Gasteiger partial charge >= 0.3 is 0 Å². The van der Waals surface area contributed by atoms with Crippen LogP contribution in [0.3, 0.4) is 0 Å². The van der Waals surface area contributed by atoms with Crippen molar-refractivity contribution < 1.29 is 4.74 Å². The third-order valence-electron chi connectivity index (χ3n) is 2.88. The molecule has 0 N–H and O–H groups in total. The van der Waals surface area contributed by atoms with E-state index in [0.29, 0.717) is 6.61 Å². The second-order valence-corrected chi connectivity index (χ2v) is 4.28. The summed E-state index contributed by atoms with van der Waals surface area (Å²) in [7, 11) is 1.94. The molecule has 4 nitrogen and oxygen atoms in total. The van der Waals surface area contributed by atoms with Gasteiger partial charge in [-0.3, -0.25) is 0 Å². The van der Waals surface area contributed by atoms with Crippen LogP contribution in [-0.4, -0.2) is 14.8 Å². The van der Waals surface area contributed by atoms with Crippen LogP contribution in [0.25, 0.3) is 0 Å². The van der Waals surface area contributed by atoms with Gasteiger partial charge in [0.2, 0.25) is 0 Å². The molecule has 2 aromatic rings. The topological polar surface area (TPSA) is 39.9 Å². The molecule has 0 saturated carbocycles. The number of ether oxygens (including phenoxy) is 1. The first-order valence-corrected chi connectivity index (χ1v) is 5.63. The number of aryl methyl sites for hydroxylation is 3. The van der Waals surface area contributed by atoms with E-state index in [0.717, 1.165) is 23.0 Å². The minimum absolute atomic E-state index is 0.446. The van der Waals surface area contributed by atoms with Crippen LogP contribution in [-0.2, 0) is 13.7 Å². The fourth-order valence-electron chi connectivity index (χ4n) is 1.58. The van der Waals surface area contributed by atoms with Gasteiger partial charge in [-0.05, 0) is 38.0 Å². The summed E-state index contributed by atoms with van der Waals surface area (Å²) in [6.45, 7) is 6.46. The molecule has 90 valence electrons. The van der Waals surface area contributed by atoms with Crippen molar-refractivity contribution in [2.24, 2.45) is 7.05 Å². The van der Waals surface area contributed by atoms with E-state index >= 15 is 0 Å². The molecule has 17 heavy (non-hydrogen) atoms. The van der Waals surface area contributed by atoms with Gasteiger partial charge in [-0.15, -0.1) is 10.2 Å². The molecule has 0 aliphatic heterocycles. The molecule has 4 heteroatoms. The number of aromatic nitrogens is 3. The molecule has 2 rings (SSSR count). The SMILES string of the molecule is Cc1ccc(C)c(OCc2nnc(C)n2C)c1. The summed E-state index contributed by atoms with van der Waals surface area (Å²) in [5, 5.41) is 8.07.